The summed E-state index contributed by atoms with van der Waals surface area (Å²) in [5, 5.41) is 0. The minimum Gasteiger partial charge on any atom is -0.403 e. The van der Waals surface area contributed by atoms with E-state index >= 15 is 0 Å². The van der Waals surface area contributed by atoms with Crippen LogP contribution in [0.4, 0.5) is 17.6 Å². The van der Waals surface area contributed by atoms with Crippen LogP contribution in [0.5, 0.6) is 5.75 Å². The van der Waals surface area contributed by atoms with Crippen LogP contribution in [0.2, 0.25) is 0 Å². The summed E-state index contributed by atoms with van der Waals surface area (Å²) in [5.74, 6) is -2.87. The minimum atomic E-state index is -4.95. The Labute approximate surface area is 93.5 Å². The fraction of sp³-hybridized carbons (Fsp3) is 0.100. The van der Waals surface area contributed by atoms with Gasteiger partial charge in [-0.2, -0.15) is 0 Å². The van der Waals surface area contributed by atoms with Gasteiger partial charge in [0.15, 0.2) is 11.6 Å². The third kappa shape index (κ3) is 4.54. The van der Waals surface area contributed by atoms with Crippen LogP contribution in [-0.2, 0) is 4.79 Å². The Hall–Kier alpha value is -2.05. The molecule has 2 N–H and O–H groups in total. The van der Waals surface area contributed by atoms with Crippen LogP contribution < -0.4 is 10.5 Å². The third-order valence-corrected chi connectivity index (χ3v) is 1.62. The average Bonchev–Trinajstić information content (AvgIpc) is 2.17. The van der Waals surface area contributed by atoms with E-state index in [2.05, 4.69) is 4.74 Å². The van der Waals surface area contributed by atoms with Gasteiger partial charge in [-0.05, 0) is 23.8 Å². The number of nitrogens with two attached hydrogens (primary N) is 1. The molecule has 1 amide bonds. The van der Waals surface area contributed by atoms with Gasteiger partial charge in [0.25, 0.3) is 0 Å². The number of benzene rings is 1. The highest BCUT2D eigenvalue weighted by Crippen LogP contribution is 2.26. The van der Waals surface area contributed by atoms with Gasteiger partial charge in [-0.3, -0.25) is 4.79 Å². The van der Waals surface area contributed by atoms with Crippen molar-refractivity contribution < 1.29 is 27.1 Å². The number of primary amides is 1. The van der Waals surface area contributed by atoms with Crippen LogP contribution in [0.25, 0.3) is 6.08 Å². The fourth-order valence-corrected chi connectivity index (χ4v) is 1.01. The topological polar surface area (TPSA) is 52.3 Å². The molecule has 0 saturated carbocycles. The molecule has 0 fully saturated rings. The Morgan fingerprint density at radius 1 is 1.35 bits per heavy atom. The molecule has 7 heteroatoms. The lowest BCUT2D eigenvalue weighted by Crippen LogP contribution is -2.17. The number of carbonyl (C=O) groups is 1. The summed E-state index contributed by atoms with van der Waals surface area (Å²) in [6.45, 7) is 0. The monoisotopic (exact) mass is 249 g/mol. The number of amides is 1. The molecule has 1 rings (SSSR count). The molecule has 0 bridgehead atoms. The number of rotatable bonds is 3. The molecule has 3 nitrogen and oxygen atoms in total. The summed E-state index contributed by atoms with van der Waals surface area (Å²) in [4.78, 5) is 10.4. The second kappa shape index (κ2) is 4.86. The van der Waals surface area contributed by atoms with Crippen LogP contribution in [-0.4, -0.2) is 12.3 Å². The Kier molecular flexibility index (Phi) is 3.72. The van der Waals surface area contributed by atoms with Gasteiger partial charge in [0.1, 0.15) is 0 Å². The summed E-state index contributed by atoms with van der Waals surface area (Å²) < 4.78 is 52.0. The van der Waals surface area contributed by atoms with Crippen molar-refractivity contribution in [2.24, 2.45) is 5.73 Å². The van der Waals surface area contributed by atoms with E-state index in [4.69, 9.17) is 5.73 Å². The zero-order valence-electron chi connectivity index (χ0n) is 8.29. The molecule has 0 aromatic heterocycles. The molecule has 1 aromatic carbocycles. The van der Waals surface area contributed by atoms with E-state index in [1.807, 2.05) is 0 Å². The fourth-order valence-electron chi connectivity index (χ4n) is 1.01. The summed E-state index contributed by atoms with van der Waals surface area (Å²) in [7, 11) is 0. The number of hydrogen-bond donors (Lipinski definition) is 1. The van der Waals surface area contributed by atoms with Gasteiger partial charge in [-0.1, -0.05) is 6.07 Å². The molecule has 0 saturated heterocycles. The summed E-state index contributed by atoms with van der Waals surface area (Å²) in [5.41, 5.74) is 4.99. The lowest BCUT2D eigenvalue weighted by atomic mass is 10.2. The first-order valence-corrected chi connectivity index (χ1v) is 4.31. The van der Waals surface area contributed by atoms with Crippen molar-refractivity contribution in [3.05, 3.63) is 35.7 Å². The van der Waals surface area contributed by atoms with Crippen molar-refractivity contribution in [1.82, 2.24) is 0 Å². The van der Waals surface area contributed by atoms with Crippen LogP contribution in [0.15, 0.2) is 24.3 Å². The third-order valence-electron chi connectivity index (χ3n) is 1.62. The van der Waals surface area contributed by atoms with Crippen molar-refractivity contribution in [3.8, 4) is 5.75 Å². The highest BCUT2D eigenvalue weighted by molar-refractivity contribution is 5.90. The second-order valence-electron chi connectivity index (χ2n) is 2.97. The number of hydrogen-bond acceptors (Lipinski definition) is 2. The minimum absolute atomic E-state index is 0.191. The highest BCUT2D eigenvalue weighted by atomic mass is 19.4. The molecule has 0 aliphatic carbocycles. The van der Waals surface area contributed by atoms with Crippen LogP contribution >= 0.6 is 0 Å². The molecule has 0 unspecified atom stereocenters. The summed E-state index contributed by atoms with van der Waals surface area (Å²) >= 11 is 0. The van der Waals surface area contributed by atoms with E-state index in [-0.39, 0.29) is 5.56 Å². The van der Waals surface area contributed by atoms with E-state index in [1.54, 1.807) is 0 Å². The molecule has 0 atom stereocenters. The first-order valence-electron chi connectivity index (χ1n) is 4.31. The Morgan fingerprint density at radius 3 is 2.47 bits per heavy atom. The normalized spacial score (nSPS) is 11.8. The lowest BCUT2D eigenvalue weighted by Gasteiger charge is -2.09. The van der Waals surface area contributed by atoms with Gasteiger partial charge < -0.3 is 10.5 Å². The van der Waals surface area contributed by atoms with Crippen molar-refractivity contribution in [3.63, 3.8) is 0 Å². The molecule has 0 aliphatic rings. The number of carbonyl (C=O) groups excluding carboxylic acids is 1. The van der Waals surface area contributed by atoms with E-state index < -0.39 is 23.8 Å². The van der Waals surface area contributed by atoms with Crippen LogP contribution in [0, 0.1) is 5.82 Å². The van der Waals surface area contributed by atoms with Gasteiger partial charge in [-0.15, -0.1) is 13.2 Å². The summed E-state index contributed by atoms with van der Waals surface area (Å²) in [6.07, 6.45) is -2.83. The predicted octanol–water partition coefficient (Wildman–Crippen LogP) is 2.22. The molecule has 0 heterocycles. The maximum atomic E-state index is 13.1. The van der Waals surface area contributed by atoms with Crippen LogP contribution in [0.3, 0.4) is 0 Å². The molecule has 92 valence electrons. The van der Waals surface area contributed by atoms with Crippen molar-refractivity contribution in [1.29, 1.82) is 0 Å². The van der Waals surface area contributed by atoms with Gasteiger partial charge in [0.05, 0.1) is 0 Å². The lowest BCUT2D eigenvalue weighted by molar-refractivity contribution is -0.275. The first kappa shape index (κ1) is 13.0. The molecule has 0 radical (unpaired) electrons. The van der Waals surface area contributed by atoms with E-state index in [0.29, 0.717) is 0 Å². The largest absolute Gasteiger partial charge is 0.573 e. The zero-order valence-corrected chi connectivity index (χ0v) is 8.29. The molecule has 0 spiro atoms. The molecular weight excluding hydrogens is 242 g/mol. The van der Waals surface area contributed by atoms with E-state index in [0.717, 1.165) is 24.3 Å². The van der Waals surface area contributed by atoms with Gasteiger partial charge >= 0.3 is 6.36 Å². The summed E-state index contributed by atoms with van der Waals surface area (Å²) in [6, 6.07) is 2.76. The van der Waals surface area contributed by atoms with Gasteiger partial charge in [-0.25, -0.2) is 4.39 Å². The number of ether oxygens (including phenoxy) is 1. The highest BCUT2D eigenvalue weighted by Gasteiger charge is 2.32. The maximum absolute atomic E-state index is 13.1. The smallest absolute Gasteiger partial charge is 0.403 e. The zero-order chi connectivity index (χ0) is 13.1. The first-order chi connectivity index (χ1) is 7.78. The van der Waals surface area contributed by atoms with Crippen LogP contribution in [0.1, 0.15) is 5.56 Å². The van der Waals surface area contributed by atoms with Crippen molar-refractivity contribution >= 4 is 12.0 Å². The average molecular weight is 249 g/mol. The Balaban J connectivity index is 2.90. The van der Waals surface area contributed by atoms with E-state index in [9.17, 15) is 22.4 Å². The Morgan fingerprint density at radius 2 is 2.00 bits per heavy atom. The number of halogens is 4. The molecule has 17 heavy (non-hydrogen) atoms. The molecular formula is C10H7F4NO2. The quantitative estimate of drug-likeness (QED) is 0.659. The SMILES string of the molecule is NC(=O)/C=C\c1ccc(OC(F)(F)F)c(F)c1. The maximum Gasteiger partial charge on any atom is 0.573 e. The van der Waals surface area contributed by atoms with Crippen molar-refractivity contribution in [2.45, 2.75) is 6.36 Å². The standard InChI is InChI=1S/C10H7F4NO2/c11-7-5-6(2-4-9(15)16)1-3-8(7)17-10(12,13)14/h1-5H,(H2,15,16)/b4-2-. The van der Waals surface area contributed by atoms with Gasteiger partial charge in [0.2, 0.25) is 5.91 Å². The number of alkyl halides is 3. The Bertz CT molecular complexity index is 454. The molecule has 1 aromatic rings. The van der Waals surface area contributed by atoms with Crippen molar-refractivity contribution in [2.75, 3.05) is 0 Å². The van der Waals surface area contributed by atoms with Gasteiger partial charge in [0, 0.05) is 6.08 Å². The predicted molar refractivity (Wildman–Crippen MR) is 51.3 cm³/mol. The molecule has 0 aliphatic heterocycles. The van der Waals surface area contributed by atoms with E-state index in [1.165, 1.54) is 6.08 Å². The second-order valence-corrected chi connectivity index (χ2v) is 2.97.